The first kappa shape index (κ1) is 14.0. The van der Waals surface area contributed by atoms with Gasteiger partial charge in [0, 0.05) is 5.92 Å². The van der Waals surface area contributed by atoms with Gasteiger partial charge in [0.25, 0.3) is 5.91 Å². The minimum Gasteiger partial charge on any atom is -0.483 e. The lowest BCUT2D eigenvalue weighted by atomic mass is 10.1. The van der Waals surface area contributed by atoms with Crippen LogP contribution in [0, 0.1) is 13.8 Å². The molecule has 5 nitrogen and oxygen atoms in total. The van der Waals surface area contributed by atoms with E-state index in [4.69, 9.17) is 4.74 Å². The molecule has 1 aliphatic carbocycles. The van der Waals surface area contributed by atoms with E-state index in [1.54, 1.807) is 0 Å². The highest BCUT2D eigenvalue weighted by Gasteiger charge is 2.27. The van der Waals surface area contributed by atoms with Crippen molar-refractivity contribution in [1.82, 2.24) is 10.2 Å². The number of carbonyl (C=O) groups is 1. The number of benzene rings is 1. The zero-order chi connectivity index (χ0) is 14.8. The van der Waals surface area contributed by atoms with Crippen molar-refractivity contribution < 1.29 is 9.53 Å². The molecular weight excluding hydrogens is 286 g/mol. The van der Waals surface area contributed by atoms with Gasteiger partial charge >= 0.3 is 0 Å². The van der Waals surface area contributed by atoms with Gasteiger partial charge in [0.15, 0.2) is 6.61 Å². The van der Waals surface area contributed by atoms with Crippen LogP contribution in [0.4, 0.5) is 5.13 Å². The quantitative estimate of drug-likeness (QED) is 0.922. The number of aryl methyl sites for hydroxylation is 2. The van der Waals surface area contributed by atoms with Crippen molar-refractivity contribution in [3.63, 3.8) is 0 Å². The van der Waals surface area contributed by atoms with Crippen LogP contribution in [-0.2, 0) is 4.79 Å². The third-order valence-corrected chi connectivity index (χ3v) is 4.37. The molecule has 110 valence electrons. The first-order valence-electron chi connectivity index (χ1n) is 6.96. The number of aromatic nitrogens is 2. The first-order chi connectivity index (χ1) is 10.1. The van der Waals surface area contributed by atoms with Crippen LogP contribution >= 0.6 is 11.3 Å². The lowest BCUT2D eigenvalue weighted by molar-refractivity contribution is -0.118. The second-order valence-corrected chi connectivity index (χ2v) is 6.29. The Kier molecular flexibility index (Phi) is 3.88. The van der Waals surface area contributed by atoms with Gasteiger partial charge in [0.05, 0.1) is 0 Å². The Morgan fingerprint density at radius 3 is 2.71 bits per heavy atom. The van der Waals surface area contributed by atoms with Crippen LogP contribution in [0.3, 0.4) is 0 Å². The summed E-state index contributed by atoms with van der Waals surface area (Å²) in [4.78, 5) is 11.9. The van der Waals surface area contributed by atoms with E-state index in [2.05, 4.69) is 15.5 Å². The standard InChI is InChI=1S/C15H17N3O2S/c1-9-4-3-5-10(2)13(9)20-8-12(19)16-15-18-17-14(21-15)11-6-7-11/h3-5,11H,6-8H2,1-2H3,(H,16,18,19). The number of ether oxygens (including phenoxy) is 1. The van der Waals surface area contributed by atoms with Crippen LogP contribution in [-0.4, -0.2) is 22.7 Å². The number of hydrogen-bond acceptors (Lipinski definition) is 5. The van der Waals surface area contributed by atoms with E-state index < -0.39 is 0 Å². The molecule has 2 aromatic rings. The van der Waals surface area contributed by atoms with Gasteiger partial charge < -0.3 is 4.74 Å². The highest BCUT2D eigenvalue weighted by atomic mass is 32.1. The summed E-state index contributed by atoms with van der Waals surface area (Å²) in [6.07, 6.45) is 2.36. The first-order valence-corrected chi connectivity index (χ1v) is 7.77. The molecule has 1 aliphatic rings. The van der Waals surface area contributed by atoms with Crippen LogP contribution in [0.5, 0.6) is 5.75 Å². The van der Waals surface area contributed by atoms with Gasteiger partial charge in [-0.25, -0.2) is 0 Å². The Bertz CT molecular complexity index is 644. The molecule has 1 aromatic heterocycles. The normalized spacial score (nSPS) is 14.0. The van der Waals surface area contributed by atoms with E-state index in [1.165, 1.54) is 24.2 Å². The van der Waals surface area contributed by atoms with Crippen LogP contribution < -0.4 is 10.1 Å². The third kappa shape index (κ3) is 3.39. The molecule has 1 amide bonds. The fourth-order valence-electron chi connectivity index (χ4n) is 2.10. The molecule has 0 bridgehead atoms. The number of rotatable bonds is 5. The fourth-order valence-corrected chi connectivity index (χ4v) is 3.03. The second kappa shape index (κ2) is 5.81. The predicted octanol–water partition coefficient (Wildman–Crippen LogP) is 3.05. The maximum atomic E-state index is 11.9. The summed E-state index contributed by atoms with van der Waals surface area (Å²) in [5.41, 5.74) is 2.05. The van der Waals surface area contributed by atoms with E-state index in [-0.39, 0.29) is 12.5 Å². The van der Waals surface area contributed by atoms with E-state index in [9.17, 15) is 4.79 Å². The zero-order valence-corrected chi connectivity index (χ0v) is 12.9. The zero-order valence-electron chi connectivity index (χ0n) is 12.0. The number of para-hydroxylation sites is 1. The van der Waals surface area contributed by atoms with Gasteiger partial charge in [0.2, 0.25) is 5.13 Å². The summed E-state index contributed by atoms with van der Waals surface area (Å²) in [5, 5.41) is 12.4. The molecule has 0 unspecified atom stereocenters. The average molecular weight is 303 g/mol. The topological polar surface area (TPSA) is 64.1 Å². The van der Waals surface area contributed by atoms with Gasteiger partial charge in [-0.15, -0.1) is 10.2 Å². The van der Waals surface area contributed by atoms with Crippen molar-refractivity contribution in [2.45, 2.75) is 32.6 Å². The Balaban J connectivity index is 1.56. The lowest BCUT2D eigenvalue weighted by Crippen LogP contribution is -2.20. The van der Waals surface area contributed by atoms with Gasteiger partial charge in [-0.3, -0.25) is 10.1 Å². The molecule has 1 heterocycles. The van der Waals surface area contributed by atoms with Gasteiger partial charge in [-0.1, -0.05) is 29.5 Å². The Labute approximate surface area is 127 Å². The summed E-state index contributed by atoms with van der Waals surface area (Å²) in [7, 11) is 0. The predicted molar refractivity (Wildman–Crippen MR) is 81.9 cm³/mol. The highest BCUT2D eigenvalue weighted by Crippen LogP contribution is 2.42. The Morgan fingerprint density at radius 1 is 1.33 bits per heavy atom. The lowest BCUT2D eigenvalue weighted by Gasteiger charge is -2.11. The smallest absolute Gasteiger partial charge is 0.264 e. The largest absolute Gasteiger partial charge is 0.483 e. The van der Waals surface area contributed by atoms with Crippen molar-refractivity contribution in [2.75, 3.05) is 11.9 Å². The van der Waals surface area contributed by atoms with Gasteiger partial charge in [0.1, 0.15) is 10.8 Å². The monoisotopic (exact) mass is 303 g/mol. The average Bonchev–Trinajstić information content (AvgIpc) is 3.19. The Morgan fingerprint density at radius 2 is 2.05 bits per heavy atom. The molecule has 0 aliphatic heterocycles. The molecular formula is C15H17N3O2S. The minimum absolute atomic E-state index is 0.0238. The summed E-state index contributed by atoms with van der Waals surface area (Å²) in [6, 6.07) is 5.90. The number of nitrogens with one attached hydrogen (secondary N) is 1. The number of anilines is 1. The van der Waals surface area contributed by atoms with Crippen LogP contribution in [0.1, 0.15) is 34.9 Å². The van der Waals surface area contributed by atoms with Gasteiger partial charge in [-0.05, 0) is 37.8 Å². The van der Waals surface area contributed by atoms with E-state index in [0.29, 0.717) is 11.0 Å². The van der Waals surface area contributed by atoms with Crippen molar-refractivity contribution >= 4 is 22.4 Å². The molecule has 6 heteroatoms. The molecule has 0 saturated heterocycles. The van der Waals surface area contributed by atoms with Crippen molar-refractivity contribution in [2.24, 2.45) is 0 Å². The molecule has 1 N–H and O–H groups in total. The molecule has 3 rings (SSSR count). The van der Waals surface area contributed by atoms with E-state index in [0.717, 1.165) is 21.9 Å². The molecule has 1 aromatic carbocycles. The van der Waals surface area contributed by atoms with Crippen molar-refractivity contribution in [3.8, 4) is 5.75 Å². The second-order valence-electron chi connectivity index (χ2n) is 5.28. The minimum atomic E-state index is -0.212. The van der Waals surface area contributed by atoms with Crippen molar-refractivity contribution in [1.29, 1.82) is 0 Å². The maximum Gasteiger partial charge on any atom is 0.264 e. The molecule has 0 radical (unpaired) electrons. The summed E-state index contributed by atoms with van der Waals surface area (Å²) in [5.74, 6) is 1.11. The third-order valence-electron chi connectivity index (χ3n) is 3.37. The molecule has 0 spiro atoms. The summed E-state index contributed by atoms with van der Waals surface area (Å²) in [6.45, 7) is 3.91. The van der Waals surface area contributed by atoms with Crippen LogP contribution in [0.15, 0.2) is 18.2 Å². The number of carbonyl (C=O) groups excluding carboxylic acids is 1. The highest BCUT2D eigenvalue weighted by molar-refractivity contribution is 7.15. The maximum absolute atomic E-state index is 11.9. The summed E-state index contributed by atoms with van der Waals surface area (Å²) >= 11 is 1.45. The SMILES string of the molecule is Cc1cccc(C)c1OCC(=O)Nc1nnc(C2CC2)s1. The number of amides is 1. The van der Waals surface area contributed by atoms with E-state index in [1.807, 2.05) is 32.0 Å². The van der Waals surface area contributed by atoms with Gasteiger partial charge in [-0.2, -0.15) is 0 Å². The van der Waals surface area contributed by atoms with Crippen molar-refractivity contribution in [3.05, 3.63) is 34.3 Å². The number of nitrogens with zero attached hydrogens (tertiary/aromatic N) is 2. The number of hydrogen-bond donors (Lipinski definition) is 1. The summed E-state index contributed by atoms with van der Waals surface area (Å²) < 4.78 is 5.61. The molecule has 1 fully saturated rings. The Hall–Kier alpha value is -1.95. The van der Waals surface area contributed by atoms with Crippen LogP contribution in [0.2, 0.25) is 0 Å². The molecule has 0 atom stereocenters. The van der Waals surface area contributed by atoms with Crippen LogP contribution in [0.25, 0.3) is 0 Å². The molecule has 1 saturated carbocycles. The fraction of sp³-hybridized carbons (Fsp3) is 0.400. The van der Waals surface area contributed by atoms with E-state index >= 15 is 0 Å². The molecule has 21 heavy (non-hydrogen) atoms.